The van der Waals surface area contributed by atoms with Crippen molar-refractivity contribution in [3.8, 4) is 0 Å². The van der Waals surface area contributed by atoms with Crippen LogP contribution in [0.4, 0.5) is 0 Å². The molecule has 4 atom stereocenters. The molecule has 0 saturated carbocycles. The van der Waals surface area contributed by atoms with Crippen LogP contribution >= 0.6 is 12.4 Å². The molecule has 4 nitrogen and oxygen atoms in total. The minimum atomic E-state index is -0.235. The van der Waals surface area contributed by atoms with Gasteiger partial charge in [-0.2, -0.15) is 0 Å². The Hall–Kier alpha value is -1.10. The number of nitrogens with two attached hydrogens (primary N) is 1. The van der Waals surface area contributed by atoms with Crippen molar-refractivity contribution in [2.75, 3.05) is 0 Å². The molecule has 2 aliphatic heterocycles. The van der Waals surface area contributed by atoms with Crippen molar-refractivity contribution in [1.29, 1.82) is 0 Å². The molecule has 0 spiro atoms. The summed E-state index contributed by atoms with van der Waals surface area (Å²) in [5.41, 5.74) is 7.06. The van der Waals surface area contributed by atoms with E-state index in [0.29, 0.717) is 12.5 Å². The summed E-state index contributed by atoms with van der Waals surface area (Å²) in [5.74, 6) is 0.0255. The van der Waals surface area contributed by atoms with Gasteiger partial charge in [-0.3, -0.25) is 4.79 Å². The number of amides is 1. The summed E-state index contributed by atoms with van der Waals surface area (Å²) in [5, 5.41) is 3.07. The average molecular weight is 297 g/mol. The number of hydrogen-bond acceptors (Lipinski definition) is 3. The van der Waals surface area contributed by atoms with Crippen LogP contribution in [0, 0.1) is 0 Å². The number of carbonyl (C=O) groups is 1. The Balaban J connectivity index is 0.00000147. The molecular weight excluding hydrogens is 276 g/mol. The van der Waals surface area contributed by atoms with E-state index < -0.39 is 0 Å². The van der Waals surface area contributed by atoms with Crippen LogP contribution < -0.4 is 11.1 Å². The maximum Gasteiger partial charge on any atom is 0.222 e. The van der Waals surface area contributed by atoms with Gasteiger partial charge in [-0.15, -0.1) is 12.4 Å². The van der Waals surface area contributed by atoms with Crippen LogP contribution in [0.3, 0.4) is 0 Å². The number of hydrogen-bond donors (Lipinski definition) is 2. The third-order valence-electron chi connectivity index (χ3n) is 4.09. The second-order valence-corrected chi connectivity index (χ2v) is 5.50. The standard InChI is InChI=1S/C15H20N2O2.ClH/c16-12(10-4-2-1-3-5-10)9-15(18)17-13-8-11-6-7-14(13)19-11;/h1-5,11-14H,6-9,16H2,(H,17,18);1H. The molecule has 1 aromatic carbocycles. The minimum absolute atomic E-state index is 0. The van der Waals surface area contributed by atoms with Crippen molar-refractivity contribution >= 4 is 18.3 Å². The summed E-state index contributed by atoms with van der Waals surface area (Å²) in [6.07, 6.45) is 4.08. The Labute approximate surface area is 125 Å². The Morgan fingerprint density at radius 3 is 2.70 bits per heavy atom. The molecule has 3 rings (SSSR count). The Bertz CT molecular complexity index is 454. The zero-order valence-electron chi connectivity index (χ0n) is 11.3. The van der Waals surface area contributed by atoms with Crippen molar-refractivity contribution in [2.45, 2.75) is 50.0 Å². The highest BCUT2D eigenvalue weighted by Crippen LogP contribution is 2.34. The molecular formula is C15H21ClN2O2. The highest BCUT2D eigenvalue weighted by molar-refractivity contribution is 5.85. The molecule has 2 saturated heterocycles. The van der Waals surface area contributed by atoms with Gasteiger partial charge in [0.1, 0.15) is 0 Å². The maximum absolute atomic E-state index is 12.0. The third-order valence-corrected chi connectivity index (χ3v) is 4.09. The normalized spacial score (nSPS) is 28.8. The monoisotopic (exact) mass is 296 g/mol. The van der Waals surface area contributed by atoms with Gasteiger partial charge >= 0.3 is 0 Å². The van der Waals surface area contributed by atoms with Crippen LogP contribution in [0.1, 0.15) is 37.3 Å². The molecule has 1 aromatic rings. The molecule has 2 fully saturated rings. The maximum atomic E-state index is 12.0. The van der Waals surface area contributed by atoms with Crippen LogP contribution in [0.15, 0.2) is 30.3 Å². The smallest absolute Gasteiger partial charge is 0.222 e. The first-order valence-corrected chi connectivity index (χ1v) is 6.98. The van der Waals surface area contributed by atoms with Gasteiger partial charge in [-0.25, -0.2) is 0 Å². The first-order valence-electron chi connectivity index (χ1n) is 6.98. The molecule has 5 heteroatoms. The number of benzene rings is 1. The molecule has 0 radical (unpaired) electrons. The van der Waals surface area contributed by atoms with Gasteiger partial charge < -0.3 is 15.8 Å². The van der Waals surface area contributed by atoms with Crippen LogP contribution in [-0.2, 0) is 9.53 Å². The number of rotatable bonds is 4. The van der Waals surface area contributed by atoms with E-state index in [0.717, 1.165) is 24.8 Å². The third kappa shape index (κ3) is 3.32. The molecule has 2 bridgehead atoms. The lowest BCUT2D eigenvalue weighted by atomic mass is 9.95. The molecule has 3 N–H and O–H groups in total. The van der Waals surface area contributed by atoms with E-state index in [1.54, 1.807) is 0 Å². The molecule has 2 heterocycles. The summed E-state index contributed by atoms with van der Waals surface area (Å²) in [7, 11) is 0. The van der Waals surface area contributed by atoms with E-state index in [-0.39, 0.29) is 36.5 Å². The number of carbonyl (C=O) groups excluding carboxylic acids is 1. The molecule has 2 aliphatic rings. The molecule has 4 unspecified atom stereocenters. The van der Waals surface area contributed by atoms with E-state index in [2.05, 4.69) is 5.32 Å². The summed E-state index contributed by atoms with van der Waals surface area (Å²) in [6.45, 7) is 0. The molecule has 110 valence electrons. The van der Waals surface area contributed by atoms with Gasteiger partial charge in [0.05, 0.1) is 18.2 Å². The lowest BCUT2D eigenvalue weighted by Crippen LogP contribution is -2.42. The molecule has 20 heavy (non-hydrogen) atoms. The Morgan fingerprint density at radius 2 is 2.10 bits per heavy atom. The Kier molecular flexibility index (Phi) is 5.02. The van der Waals surface area contributed by atoms with E-state index >= 15 is 0 Å². The lowest BCUT2D eigenvalue weighted by Gasteiger charge is -2.21. The summed E-state index contributed by atoms with van der Waals surface area (Å²) < 4.78 is 5.73. The van der Waals surface area contributed by atoms with E-state index in [1.807, 2.05) is 30.3 Å². The van der Waals surface area contributed by atoms with E-state index in [9.17, 15) is 4.79 Å². The number of ether oxygens (including phenoxy) is 1. The summed E-state index contributed by atoms with van der Waals surface area (Å²) in [4.78, 5) is 12.0. The lowest BCUT2D eigenvalue weighted by molar-refractivity contribution is -0.122. The first kappa shape index (κ1) is 15.3. The number of fused-ring (bicyclic) bond motifs is 2. The van der Waals surface area contributed by atoms with Crippen LogP contribution in [0.25, 0.3) is 0 Å². The van der Waals surface area contributed by atoms with Crippen molar-refractivity contribution < 1.29 is 9.53 Å². The fourth-order valence-electron chi connectivity index (χ4n) is 3.07. The number of halogens is 1. The fourth-order valence-corrected chi connectivity index (χ4v) is 3.07. The SMILES string of the molecule is Cl.NC(CC(=O)NC1CC2CCC1O2)c1ccccc1. The molecule has 1 amide bonds. The molecule has 0 aromatic heterocycles. The quantitative estimate of drug-likeness (QED) is 0.892. The van der Waals surface area contributed by atoms with Crippen molar-refractivity contribution in [2.24, 2.45) is 5.73 Å². The summed E-state index contributed by atoms with van der Waals surface area (Å²) in [6, 6.07) is 9.70. The predicted octanol–water partition coefficient (Wildman–Crippen LogP) is 1.93. The van der Waals surface area contributed by atoms with Gasteiger partial charge in [-0.1, -0.05) is 30.3 Å². The van der Waals surface area contributed by atoms with Gasteiger partial charge in [0.25, 0.3) is 0 Å². The molecule has 0 aliphatic carbocycles. The zero-order valence-corrected chi connectivity index (χ0v) is 12.1. The van der Waals surface area contributed by atoms with Crippen LogP contribution in [0.5, 0.6) is 0 Å². The highest BCUT2D eigenvalue weighted by atomic mass is 35.5. The van der Waals surface area contributed by atoms with Gasteiger partial charge in [0.15, 0.2) is 0 Å². The van der Waals surface area contributed by atoms with Crippen molar-refractivity contribution in [1.82, 2.24) is 5.32 Å². The van der Waals surface area contributed by atoms with Gasteiger partial charge in [0.2, 0.25) is 5.91 Å². The predicted molar refractivity (Wildman–Crippen MR) is 79.7 cm³/mol. The zero-order chi connectivity index (χ0) is 13.2. The average Bonchev–Trinajstić information content (AvgIpc) is 3.02. The van der Waals surface area contributed by atoms with Crippen LogP contribution in [0.2, 0.25) is 0 Å². The second kappa shape index (κ2) is 6.57. The van der Waals surface area contributed by atoms with Crippen LogP contribution in [-0.4, -0.2) is 24.2 Å². The topological polar surface area (TPSA) is 64.4 Å². The van der Waals surface area contributed by atoms with Gasteiger partial charge in [-0.05, 0) is 24.8 Å². The fraction of sp³-hybridized carbons (Fsp3) is 0.533. The highest BCUT2D eigenvalue weighted by Gasteiger charge is 2.41. The van der Waals surface area contributed by atoms with E-state index in [1.165, 1.54) is 0 Å². The first-order chi connectivity index (χ1) is 9.22. The van der Waals surface area contributed by atoms with Gasteiger partial charge in [0, 0.05) is 12.5 Å². The minimum Gasteiger partial charge on any atom is -0.373 e. The van der Waals surface area contributed by atoms with Crippen molar-refractivity contribution in [3.63, 3.8) is 0 Å². The van der Waals surface area contributed by atoms with E-state index in [4.69, 9.17) is 10.5 Å². The summed E-state index contributed by atoms with van der Waals surface area (Å²) >= 11 is 0. The number of nitrogens with one attached hydrogen (secondary N) is 1. The second-order valence-electron chi connectivity index (χ2n) is 5.50. The largest absolute Gasteiger partial charge is 0.373 e. The Morgan fingerprint density at radius 1 is 1.35 bits per heavy atom. The van der Waals surface area contributed by atoms with Crippen molar-refractivity contribution in [3.05, 3.63) is 35.9 Å².